The Hall–Kier alpha value is -2.41. The van der Waals surface area contributed by atoms with Crippen LogP contribution in [-0.4, -0.2) is 47.9 Å². The Kier molecular flexibility index (Phi) is 6.90. The zero-order chi connectivity index (χ0) is 21.0. The van der Waals surface area contributed by atoms with E-state index in [-0.39, 0.29) is 42.7 Å². The monoisotopic (exact) mass is 418 g/mol. The number of amides is 2. The van der Waals surface area contributed by atoms with E-state index < -0.39 is 0 Å². The number of halogens is 1. The number of nitrogens with zero attached hydrogens (tertiary/aromatic N) is 2. The van der Waals surface area contributed by atoms with Crippen LogP contribution in [0.25, 0.3) is 0 Å². The highest BCUT2D eigenvalue weighted by atomic mass is 32.1. The van der Waals surface area contributed by atoms with Gasteiger partial charge in [-0.1, -0.05) is 13.8 Å². The summed E-state index contributed by atoms with van der Waals surface area (Å²) in [5, 5.41) is 2.03. The summed E-state index contributed by atoms with van der Waals surface area (Å²) >= 11 is 1.69. The summed E-state index contributed by atoms with van der Waals surface area (Å²) in [5.74, 6) is 0.353. The van der Waals surface area contributed by atoms with Crippen LogP contribution in [0, 0.1) is 11.7 Å². The third-order valence-corrected chi connectivity index (χ3v) is 5.99. The molecule has 2 aromatic rings. The summed E-state index contributed by atoms with van der Waals surface area (Å²) < 4.78 is 19.0. The Morgan fingerprint density at radius 2 is 2.00 bits per heavy atom. The fourth-order valence-electron chi connectivity index (χ4n) is 3.58. The van der Waals surface area contributed by atoms with Crippen molar-refractivity contribution in [2.45, 2.75) is 33.2 Å². The van der Waals surface area contributed by atoms with Crippen molar-refractivity contribution < 1.29 is 18.7 Å². The number of ether oxygens (including phenoxy) is 1. The predicted molar refractivity (Wildman–Crippen MR) is 111 cm³/mol. The van der Waals surface area contributed by atoms with Crippen LogP contribution in [0.5, 0.6) is 5.75 Å². The molecule has 0 spiro atoms. The molecule has 0 saturated heterocycles. The van der Waals surface area contributed by atoms with Gasteiger partial charge in [0, 0.05) is 24.9 Å². The molecular weight excluding hydrogens is 391 g/mol. The van der Waals surface area contributed by atoms with Crippen LogP contribution in [0.4, 0.5) is 4.39 Å². The molecule has 0 aliphatic carbocycles. The summed E-state index contributed by atoms with van der Waals surface area (Å²) in [6.07, 6.45) is 0.802. The molecule has 5 nitrogen and oxygen atoms in total. The number of thiophene rings is 1. The molecule has 1 atom stereocenters. The molecule has 1 aromatic heterocycles. The lowest BCUT2D eigenvalue weighted by Gasteiger charge is -2.37. The van der Waals surface area contributed by atoms with E-state index in [1.165, 1.54) is 23.9 Å². The molecule has 0 saturated carbocycles. The molecule has 0 bridgehead atoms. The van der Waals surface area contributed by atoms with E-state index in [0.717, 1.165) is 12.0 Å². The number of hydrogen-bond donors (Lipinski definition) is 0. The van der Waals surface area contributed by atoms with Crippen LogP contribution in [0.3, 0.4) is 0 Å². The summed E-state index contributed by atoms with van der Waals surface area (Å²) in [6, 6.07) is 7.68. The number of carbonyl (C=O) groups is 2. The minimum Gasteiger partial charge on any atom is -0.491 e. The number of hydrogen-bond acceptors (Lipinski definition) is 4. The number of fused-ring (bicyclic) bond motifs is 1. The minimum atomic E-state index is -0.318. The molecule has 7 heteroatoms. The standard InChI is InChI=1S/C22H27FN2O3S/c1-15(2)12-24(16(3)26)13-22(27)25-10-8-21-19(9-11-29-21)20(25)14-28-18-6-4-17(23)5-7-18/h4-7,9,11,15,20H,8,10,12-14H2,1-3H3/t20-/m1/s1. The van der Waals surface area contributed by atoms with Crippen LogP contribution < -0.4 is 4.74 Å². The topological polar surface area (TPSA) is 49.9 Å². The van der Waals surface area contributed by atoms with E-state index in [2.05, 4.69) is 0 Å². The highest BCUT2D eigenvalue weighted by Crippen LogP contribution is 2.34. The summed E-state index contributed by atoms with van der Waals surface area (Å²) in [7, 11) is 0. The van der Waals surface area contributed by atoms with Gasteiger partial charge in [0.05, 0.1) is 12.6 Å². The first-order chi connectivity index (χ1) is 13.8. The van der Waals surface area contributed by atoms with Crippen LogP contribution >= 0.6 is 11.3 Å². The van der Waals surface area contributed by atoms with E-state index in [4.69, 9.17) is 4.74 Å². The SMILES string of the molecule is CC(=O)N(CC(=O)N1CCc2sccc2[C@H]1COc1ccc(F)cc1)CC(C)C. The van der Waals surface area contributed by atoms with Gasteiger partial charge in [-0.15, -0.1) is 11.3 Å². The van der Waals surface area contributed by atoms with E-state index in [1.54, 1.807) is 28.4 Å². The second kappa shape index (κ2) is 9.39. The molecule has 0 N–H and O–H groups in total. The molecule has 3 rings (SSSR count). The van der Waals surface area contributed by atoms with Crippen LogP contribution in [0.1, 0.15) is 37.3 Å². The minimum absolute atomic E-state index is 0.0695. The Bertz CT molecular complexity index is 850. The maximum absolute atomic E-state index is 13.1. The van der Waals surface area contributed by atoms with Crippen LogP contribution in [0.2, 0.25) is 0 Å². The van der Waals surface area contributed by atoms with Crippen molar-refractivity contribution in [2.24, 2.45) is 5.92 Å². The third-order valence-electron chi connectivity index (χ3n) is 4.99. The number of carbonyl (C=O) groups excluding carboxylic acids is 2. The van der Waals surface area contributed by atoms with Crippen molar-refractivity contribution in [2.75, 3.05) is 26.2 Å². The smallest absolute Gasteiger partial charge is 0.242 e. The lowest BCUT2D eigenvalue weighted by molar-refractivity contribution is -0.142. The predicted octanol–water partition coefficient (Wildman–Crippen LogP) is 3.90. The highest BCUT2D eigenvalue weighted by molar-refractivity contribution is 7.10. The third kappa shape index (κ3) is 5.35. The van der Waals surface area contributed by atoms with Crippen molar-refractivity contribution >= 4 is 23.2 Å². The number of rotatable bonds is 7. The molecule has 0 unspecified atom stereocenters. The highest BCUT2D eigenvalue weighted by Gasteiger charge is 2.33. The molecule has 29 heavy (non-hydrogen) atoms. The molecule has 156 valence electrons. The van der Waals surface area contributed by atoms with Gasteiger partial charge < -0.3 is 14.5 Å². The van der Waals surface area contributed by atoms with Crippen molar-refractivity contribution in [1.29, 1.82) is 0 Å². The van der Waals surface area contributed by atoms with Crippen molar-refractivity contribution in [3.8, 4) is 5.75 Å². The van der Waals surface area contributed by atoms with Gasteiger partial charge >= 0.3 is 0 Å². The fourth-order valence-corrected chi connectivity index (χ4v) is 4.51. The molecule has 0 fully saturated rings. The average Bonchev–Trinajstić information content (AvgIpc) is 3.15. The van der Waals surface area contributed by atoms with E-state index >= 15 is 0 Å². The summed E-state index contributed by atoms with van der Waals surface area (Å²) in [4.78, 5) is 29.8. The van der Waals surface area contributed by atoms with Crippen molar-refractivity contribution in [1.82, 2.24) is 9.80 Å². The largest absolute Gasteiger partial charge is 0.491 e. The van der Waals surface area contributed by atoms with Gasteiger partial charge in [-0.05, 0) is 53.6 Å². The van der Waals surface area contributed by atoms with Gasteiger partial charge in [-0.2, -0.15) is 0 Å². The average molecular weight is 419 g/mol. The maximum atomic E-state index is 13.1. The van der Waals surface area contributed by atoms with Gasteiger partial charge in [0.1, 0.15) is 18.2 Å². The quantitative estimate of drug-likeness (QED) is 0.685. The first-order valence-electron chi connectivity index (χ1n) is 9.84. The molecule has 2 heterocycles. The van der Waals surface area contributed by atoms with E-state index in [9.17, 15) is 14.0 Å². The van der Waals surface area contributed by atoms with Gasteiger partial charge in [0.2, 0.25) is 11.8 Å². The second-order valence-electron chi connectivity index (χ2n) is 7.71. The lowest BCUT2D eigenvalue weighted by atomic mass is 10.0. The van der Waals surface area contributed by atoms with E-state index in [0.29, 0.717) is 18.8 Å². The lowest BCUT2D eigenvalue weighted by Crippen LogP contribution is -2.48. The molecular formula is C22H27FN2O3S. The maximum Gasteiger partial charge on any atom is 0.242 e. The zero-order valence-corrected chi connectivity index (χ0v) is 17.9. The molecule has 1 aromatic carbocycles. The van der Waals surface area contributed by atoms with Crippen molar-refractivity contribution in [3.05, 3.63) is 52.0 Å². The zero-order valence-electron chi connectivity index (χ0n) is 17.1. The van der Waals surface area contributed by atoms with E-state index in [1.807, 2.05) is 30.2 Å². The molecule has 2 amide bonds. The van der Waals surface area contributed by atoms with Gasteiger partial charge in [0.15, 0.2) is 0 Å². The molecule has 0 radical (unpaired) electrons. The van der Waals surface area contributed by atoms with Gasteiger partial charge in [-0.3, -0.25) is 9.59 Å². The summed E-state index contributed by atoms with van der Waals surface area (Å²) in [5.41, 5.74) is 1.09. The Balaban J connectivity index is 1.75. The number of benzene rings is 1. The Labute approximate surface area is 175 Å². The normalized spacial score (nSPS) is 15.9. The van der Waals surface area contributed by atoms with Gasteiger partial charge in [0.25, 0.3) is 0 Å². The molecule has 1 aliphatic rings. The van der Waals surface area contributed by atoms with Crippen LogP contribution in [-0.2, 0) is 16.0 Å². The van der Waals surface area contributed by atoms with Gasteiger partial charge in [-0.25, -0.2) is 4.39 Å². The Morgan fingerprint density at radius 1 is 1.28 bits per heavy atom. The first kappa shape index (κ1) is 21.3. The molecule has 1 aliphatic heterocycles. The Morgan fingerprint density at radius 3 is 2.66 bits per heavy atom. The van der Waals surface area contributed by atoms with Crippen LogP contribution in [0.15, 0.2) is 35.7 Å². The fraction of sp³-hybridized carbons (Fsp3) is 0.455. The summed E-state index contributed by atoms with van der Waals surface area (Å²) in [6.45, 7) is 7.05. The van der Waals surface area contributed by atoms with Crippen molar-refractivity contribution in [3.63, 3.8) is 0 Å². The first-order valence-corrected chi connectivity index (χ1v) is 10.7. The second-order valence-corrected chi connectivity index (χ2v) is 8.71.